The largest absolute Gasteiger partial charge is 0.338 e. The van der Waals surface area contributed by atoms with Gasteiger partial charge in [0.2, 0.25) is 5.91 Å². The van der Waals surface area contributed by atoms with Crippen molar-refractivity contribution in [2.75, 3.05) is 13.1 Å². The Balaban J connectivity index is 1.93. The van der Waals surface area contributed by atoms with E-state index in [-0.39, 0.29) is 11.9 Å². The van der Waals surface area contributed by atoms with Gasteiger partial charge in [0.1, 0.15) is 0 Å². The molecule has 2 fully saturated rings. The maximum Gasteiger partial charge on any atom is 0.224 e. The van der Waals surface area contributed by atoms with Crippen LogP contribution in [0.1, 0.15) is 19.3 Å². The Morgan fingerprint density at radius 2 is 2.50 bits per heavy atom. The van der Waals surface area contributed by atoms with Gasteiger partial charge in [-0.25, -0.2) is 0 Å². The van der Waals surface area contributed by atoms with Crippen molar-refractivity contribution in [2.24, 2.45) is 0 Å². The monoisotopic (exact) mass is 214 g/mol. The van der Waals surface area contributed by atoms with E-state index >= 15 is 0 Å². The summed E-state index contributed by atoms with van der Waals surface area (Å²) < 4.78 is 0. The molecule has 0 aliphatic carbocycles. The first-order valence-electron chi connectivity index (χ1n) is 5.04. The van der Waals surface area contributed by atoms with Crippen molar-refractivity contribution in [3.63, 3.8) is 0 Å². The third-order valence-corrected chi connectivity index (χ3v) is 3.17. The SMILES string of the molecule is C=C(Cl)CNC1CC(=O)N2CCCC12. The van der Waals surface area contributed by atoms with E-state index in [0.29, 0.717) is 24.0 Å². The van der Waals surface area contributed by atoms with E-state index in [2.05, 4.69) is 11.9 Å². The highest BCUT2D eigenvalue weighted by atomic mass is 35.5. The number of carbonyl (C=O) groups excluding carboxylic acids is 1. The van der Waals surface area contributed by atoms with E-state index in [9.17, 15) is 4.79 Å². The number of hydrogen-bond donors (Lipinski definition) is 1. The highest BCUT2D eigenvalue weighted by Gasteiger charge is 2.41. The predicted molar refractivity (Wildman–Crippen MR) is 56.1 cm³/mol. The van der Waals surface area contributed by atoms with Crippen LogP contribution in [-0.2, 0) is 4.79 Å². The molecule has 2 aliphatic heterocycles. The number of hydrogen-bond acceptors (Lipinski definition) is 2. The molecule has 78 valence electrons. The summed E-state index contributed by atoms with van der Waals surface area (Å²) >= 11 is 5.68. The van der Waals surface area contributed by atoms with E-state index in [0.717, 1.165) is 19.4 Å². The lowest BCUT2D eigenvalue weighted by Crippen LogP contribution is -2.39. The van der Waals surface area contributed by atoms with Crippen LogP contribution in [0.5, 0.6) is 0 Å². The molecule has 0 aromatic heterocycles. The van der Waals surface area contributed by atoms with Gasteiger partial charge in [-0.2, -0.15) is 0 Å². The molecule has 0 aromatic carbocycles. The molecule has 2 rings (SSSR count). The van der Waals surface area contributed by atoms with E-state index < -0.39 is 0 Å². The minimum Gasteiger partial charge on any atom is -0.338 e. The summed E-state index contributed by atoms with van der Waals surface area (Å²) in [6, 6.07) is 0.680. The van der Waals surface area contributed by atoms with Gasteiger partial charge in [-0.1, -0.05) is 18.2 Å². The molecule has 2 saturated heterocycles. The first-order valence-corrected chi connectivity index (χ1v) is 5.42. The molecule has 3 nitrogen and oxygen atoms in total. The predicted octanol–water partition coefficient (Wildman–Crippen LogP) is 1.09. The summed E-state index contributed by atoms with van der Waals surface area (Å²) in [7, 11) is 0. The Kier molecular flexibility index (Phi) is 2.79. The zero-order valence-electron chi connectivity index (χ0n) is 8.13. The molecule has 4 heteroatoms. The third-order valence-electron chi connectivity index (χ3n) is 3.03. The van der Waals surface area contributed by atoms with Gasteiger partial charge in [-0.05, 0) is 12.8 Å². The van der Waals surface area contributed by atoms with Crippen LogP contribution in [0.15, 0.2) is 11.6 Å². The smallest absolute Gasteiger partial charge is 0.224 e. The quantitative estimate of drug-likeness (QED) is 0.763. The number of nitrogens with zero attached hydrogens (tertiary/aromatic N) is 1. The van der Waals surface area contributed by atoms with Gasteiger partial charge in [0.25, 0.3) is 0 Å². The molecular weight excluding hydrogens is 200 g/mol. The standard InChI is InChI=1S/C10H15ClN2O/c1-7(11)6-12-8-5-10(14)13-4-2-3-9(8)13/h8-9,12H,1-6H2. The topological polar surface area (TPSA) is 32.3 Å². The van der Waals surface area contributed by atoms with Gasteiger partial charge in [0, 0.05) is 36.6 Å². The summed E-state index contributed by atoms with van der Waals surface area (Å²) in [6.07, 6.45) is 2.88. The van der Waals surface area contributed by atoms with Crippen molar-refractivity contribution < 1.29 is 4.79 Å². The Morgan fingerprint density at radius 1 is 1.71 bits per heavy atom. The minimum atomic E-state index is 0.278. The molecule has 0 saturated carbocycles. The van der Waals surface area contributed by atoms with Crippen LogP contribution >= 0.6 is 11.6 Å². The maximum absolute atomic E-state index is 11.5. The van der Waals surface area contributed by atoms with Crippen LogP contribution in [0.25, 0.3) is 0 Å². The number of fused-ring (bicyclic) bond motifs is 1. The number of carbonyl (C=O) groups is 1. The summed E-state index contributed by atoms with van der Waals surface area (Å²) in [5.41, 5.74) is 0. The molecular formula is C10H15ClN2O. The van der Waals surface area contributed by atoms with Gasteiger partial charge in [0.15, 0.2) is 0 Å². The summed E-state index contributed by atoms with van der Waals surface area (Å²) in [5.74, 6) is 0.283. The fourth-order valence-corrected chi connectivity index (χ4v) is 2.49. The Bertz CT molecular complexity index is 267. The van der Waals surface area contributed by atoms with E-state index in [4.69, 9.17) is 11.6 Å². The van der Waals surface area contributed by atoms with Crippen molar-refractivity contribution in [3.05, 3.63) is 11.6 Å². The zero-order valence-corrected chi connectivity index (χ0v) is 8.89. The molecule has 0 aromatic rings. The molecule has 1 amide bonds. The average Bonchev–Trinajstić information content (AvgIpc) is 2.67. The van der Waals surface area contributed by atoms with Crippen LogP contribution in [-0.4, -0.2) is 36.0 Å². The average molecular weight is 215 g/mol. The molecule has 2 aliphatic rings. The van der Waals surface area contributed by atoms with Crippen molar-refractivity contribution in [1.29, 1.82) is 0 Å². The highest BCUT2D eigenvalue weighted by molar-refractivity contribution is 6.29. The number of rotatable bonds is 3. The van der Waals surface area contributed by atoms with Crippen LogP contribution in [0.4, 0.5) is 0 Å². The molecule has 0 bridgehead atoms. The number of amides is 1. The molecule has 2 atom stereocenters. The normalized spacial score (nSPS) is 30.9. The van der Waals surface area contributed by atoms with E-state index in [1.807, 2.05) is 4.90 Å². The molecule has 14 heavy (non-hydrogen) atoms. The molecule has 0 radical (unpaired) electrons. The lowest BCUT2D eigenvalue weighted by atomic mass is 10.1. The second-order valence-electron chi connectivity index (χ2n) is 4.01. The van der Waals surface area contributed by atoms with Crippen molar-refractivity contribution in [1.82, 2.24) is 10.2 Å². The molecule has 0 spiro atoms. The van der Waals surface area contributed by atoms with Gasteiger partial charge in [0.05, 0.1) is 0 Å². The second kappa shape index (κ2) is 3.91. The Labute approximate surface area is 89.1 Å². The third kappa shape index (κ3) is 1.79. The minimum absolute atomic E-state index is 0.278. The molecule has 2 heterocycles. The van der Waals surface area contributed by atoms with Crippen LogP contribution < -0.4 is 5.32 Å². The molecule has 2 unspecified atom stereocenters. The van der Waals surface area contributed by atoms with Crippen molar-refractivity contribution >= 4 is 17.5 Å². The second-order valence-corrected chi connectivity index (χ2v) is 4.54. The molecule has 1 N–H and O–H groups in total. The number of halogens is 1. The van der Waals surface area contributed by atoms with Crippen LogP contribution in [0.2, 0.25) is 0 Å². The Morgan fingerprint density at radius 3 is 3.21 bits per heavy atom. The first kappa shape index (κ1) is 9.99. The van der Waals surface area contributed by atoms with Gasteiger partial charge in [-0.15, -0.1) is 0 Å². The van der Waals surface area contributed by atoms with E-state index in [1.54, 1.807) is 0 Å². The van der Waals surface area contributed by atoms with Gasteiger partial charge >= 0.3 is 0 Å². The van der Waals surface area contributed by atoms with Crippen molar-refractivity contribution in [2.45, 2.75) is 31.3 Å². The maximum atomic E-state index is 11.5. The van der Waals surface area contributed by atoms with Gasteiger partial charge in [-0.3, -0.25) is 4.79 Å². The Hall–Kier alpha value is -0.540. The first-order chi connectivity index (χ1) is 6.68. The van der Waals surface area contributed by atoms with Crippen LogP contribution in [0, 0.1) is 0 Å². The number of nitrogens with one attached hydrogen (secondary N) is 1. The lowest BCUT2D eigenvalue weighted by molar-refractivity contribution is -0.127. The zero-order chi connectivity index (χ0) is 10.1. The highest BCUT2D eigenvalue weighted by Crippen LogP contribution is 2.28. The fourth-order valence-electron chi connectivity index (χ4n) is 2.41. The van der Waals surface area contributed by atoms with Crippen molar-refractivity contribution in [3.8, 4) is 0 Å². The lowest BCUT2D eigenvalue weighted by Gasteiger charge is -2.20. The van der Waals surface area contributed by atoms with Crippen LogP contribution in [0.3, 0.4) is 0 Å². The van der Waals surface area contributed by atoms with Gasteiger partial charge < -0.3 is 10.2 Å². The summed E-state index contributed by atoms with van der Waals surface area (Å²) in [4.78, 5) is 13.5. The fraction of sp³-hybridized carbons (Fsp3) is 0.700. The summed E-state index contributed by atoms with van der Waals surface area (Å²) in [5, 5.41) is 3.89. The van der Waals surface area contributed by atoms with E-state index in [1.165, 1.54) is 0 Å². The summed E-state index contributed by atoms with van der Waals surface area (Å²) in [6.45, 7) is 5.16.